The molecule has 27 heavy (non-hydrogen) atoms. The largest absolute Gasteiger partial charge is 0.444 e. The normalized spacial score (nSPS) is 11.1. The minimum atomic E-state index is -0.566. The van der Waals surface area contributed by atoms with Crippen molar-refractivity contribution in [3.05, 3.63) is 66.5 Å². The Morgan fingerprint density at radius 1 is 0.889 bits per heavy atom. The Hall–Kier alpha value is -3.41. The maximum absolute atomic E-state index is 12.6. The Morgan fingerprint density at radius 3 is 2.19 bits per heavy atom. The molecule has 2 amide bonds. The van der Waals surface area contributed by atoms with E-state index in [2.05, 4.69) is 15.6 Å². The predicted molar refractivity (Wildman–Crippen MR) is 106 cm³/mol. The van der Waals surface area contributed by atoms with E-state index in [1.165, 1.54) is 0 Å². The number of anilines is 2. The van der Waals surface area contributed by atoms with E-state index in [-0.39, 0.29) is 5.91 Å². The second-order valence-corrected chi connectivity index (χ2v) is 7.04. The first kappa shape index (κ1) is 18.4. The lowest BCUT2D eigenvalue weighted by atomic mass is 10.1. The van der Waals surface area contributed by atoms with Crippen LogP contribution in [-0.2, 0) is 4.74 Å². The number of hydrogen-bond donors (Lipinski definition) is 2. The molecule has 0 aliphatic heterocycles. The van der Waals surface area contributed by atoms with Crippen molar-refractivity contribution in [3.8, 4) is 0 Å². The van der Waals surface area contributed by atoms with Crippen LogP contribution in [-0.4, -0.2) is 22.6 Å². The highest BCUT2D eigenvalue weighted by Crippen LogP contribution is 2.19. The number of nitrogens with zero attached hydrogens (tertiary/aromatic N) is 1. The van der Waals surface area contributed by atoms with Gasteiger partial charge in [0.15, 0.2) is 0 Å². The summed E-state index contributed by atoms with van der Waals surface area (Å²) in [4.78, 5) is 28.6. The summed E-state index contributed by atoms with van der Waals surface area (Å²) in [6, 6.07) is 16.2. The molecule has 3 aromatic rings. The molecule has 0 aliphatic rings. The quantitative estimate of drug-likeness (QED) is 0.698. The fraction of sp³-hybridized carbons (Fsp3) is 0.190. The molecule has 0 saturated carbocycles. The van der Waals surface area contributed by atoms with Gasteiger partial charge in [-0.05, 0) is 56.5 Å². The van der Waals surface area contributed by atoms with Gasteiger partial charge in [0.05, 0.1) is 0 Å². The lowest BCUT2D eigenvalue weighted by Gasteiger charge is -2.19. The average molecular weight is 363 g/mol. The third-order valence-electron chi connectivity index (χ3n) is 3.68. The van der Waals surface area contributed by atoms with Gasteiger partial charge in [-0.2, -0.15) is 0 Å². The van der Waals surface area contributed by atoms with Crippen molar-refractivity contribution in [1.29, 1.82) is 0 Å². The fourth-order valence-corrected chi connectivity index (χ4v) is 2.55. The van der Waals surface area contributed by atoms with Crippen LogP contribution >= 0.6 is 0 Å². The van der Waals surface area contributed by atoms with E-state index in [0.29, 0.717) is 17.1 Å². The number of nitrogens with one attached hydrogen (secondary N) is 2. The number of benzene rings is 2. The van der Waals surface area contributed by atoms with Gasteiger partial charge in [-0.3, -0.25) is 15.1 Å². The van der Waals surface area contributed by atoms with Gasteiger partial charge in [-0.15, -0.1) is 0 Å². The number of fused-ring (bicyclic) bond motifs is 1. The number of rotatable bonds is 3. The molecule has 0 bridgehead atoms. The smallest absolute Gasteiger partial charge is 0.412 e. The number of amides is 2. The highest BCUT2D eigenvalue weighted by Gasteiger charge is 2.16. The lowest BCUT2D eigenvalue weighted by molar-refractivity contribution is 0.0635. The molecule has 0 radical (unpaired) electrons. The number of aromatic nitrogens is 1. The molecule has 6 nitrogen and oxygen atoms in total. The first-order valence-electron chi connectivity index (χ1n) is 8.57. The topological polar surface area (TPSA) is 80.3 Å². The summed E-state index contributed by atoms with van der Waals surface area (Å²) in [6.45, 7) is 5.39. The molecular formula is C21H21N3O3. The number of carbonyl (C=O) groups is 2. The molecule has 1 aromatic heterocycles. The number of pyridine rings is 1. The maximum Gasteiger partial charge on any atom is 0.412 e. The predicted octanol–water partition coefficient (Wildman–Crippen LogP) is 4.83. The van der Waals surface area contributed by atoms with Gasteiger partial charge in [0, 0.05) is 23.0 Å². The average Bonchev–Trinajstić information content (AvgIpc) is 2.61. The number of ether oxygens (including phenoxy) is 1. The summed E-state index contributed by atoms with van der Waals surface area (Å²) in [5.74, 6) is -0.292. The second-order valence-electron chi connectivity index (χ2n) is 7.04. The van der Waals surface area contributed by atoms with E-state index >= 15 is 0 Å². The van der Waals surface area contributed by atoms with E-state index in [4.69, 9.17) is 4.74 Å². The highest BCUT2D eigenvalue weighted by molar-refractivity contribution is 6.11. The summed E-state index contributed by atoms with van der Waals surface area (Å²) in [5.41, 5.74) is 0.975. The van der Waals surface area contributed by atoms with Crippen LogP contribution in [0.25, 0.3) is 10.8 Å². The first-order valence-corrected chi connectivity index (χ1v) is 8.57. The zero-order chi connectivity index (χ0) is 19.4. The van der Waals surface area contributed by atoms with Crippen molar-refractivity contribution in [2.45, 2.75) is 26.4 Å². The van der Waals surface area contributed by atoms with Crippen LogP contribution in [0.3, 0.4) is 0 Å². The van der Waals surface area contributed by atoms with Crippen molar-refractivity contribution in [2.75, 3.05) is 10.6 Å². The van der Waals surface area contributed by atoms with E-state index in [0.717, 1.165) is 10.8 Å². The molecule has 2 aromatic carbocycles. The van der Waals surface area contributed by atoms with Crippen LogP contribution in [0.4, 0.5) is 16.2 Å². The Kier molecular flexibility index (Phi) is 5.07. The van der Waals surface area contributed by atoms with Crippen LogP contribution in [0.1, 0.15) is 31.3 Å². The lowest BCUT2D eigenvalue weighted by Crippen LogP contribution is -2.27. The molecule has 0 saturated heterocycles. The van der Waals surface area contributed by atoms with Crippen LogP contribution in [0.5, 0.6) is 0 Å². The zero-order valence-corrected chi connectivity index (χ0v) is 15.4. The van der Waals surface area contributed by atoms with E-state index in [1.807, 2.05) is 30.3 Å². The third kappa shape index (κ3) is 4.82. The Bertz CT molecular complexity index is 971. The molecule has 138 valence electrons. The van der Waals surface area contributed by atoms with Gasteiger partial charge < -0.3 is 10.1 Å². The van der Waals surface area contributed by atoms with Gasteiger partial charge in [0.2, 0.25) is 0 Å². The number of hydrogen-bond acceptors (Lipinski definition) is 4. The fourth-order valence-electron chi connectivity index (χ4n) is 2.55. The van der Waals surface area contributed by atoms with Crippen molar-refractivity contribution < 1.29 is 14.3 Å². The van der Waals surface area contributed by atoms with Gasteiger partial charge in [0.1, 0.15) is 11.3 Å². The van der Waals surface area contributed by atoms with Crippen LogP contribution in [0.15, 0.2) is 60.8 Å². The molecule has 6 heteroatoms. The molecule has 2 N–H and O–H groups in total. The highest BCUT2D eigenvalue weighted by atomic mass is 16.6. The van der Waals surface area contributed by atoms with Crippen molar-refractivity contribution in [3.63, 3.8) is 0 Å². The maximum atomic E-state index is 12.6. The SMILES string of the molecule is CC(C)(C)OC(=O)Nc1ccc(NC(=O)c2nccc3ccccc23)cc1. The molecule has 0 aliphatic carbocycles. The molecule has 1 heterocycles. The van der Waals surface area contributed by atoms with E-state index in [9.17, 15) is 9.59 Å². The third-order valence-corrected chi connectivity index (χ3v) is 3.68. The summed E-state index contributed by atoms with van der Waals surface area (Å²) in [7, 11) is 0. The van der Waals surface area contributed by atoms with Gasteiger partial charge in [-0.1, -0.05) is 24.3 Å². The molecule has 0 atom stereocenters. The standard InChI is InChI=1S/C21H21N3O3/c1-21(2,3)27-20(26)24-16-10-8-15(9-11-16)23-19(25)18-17-7-5-4-6-14(17)12-13-22-18/h4-13H,1-3H3,(H,23,25)(H,24,26). The van der Waals surface area contributed by atoms with Gasteiger partial charge in [-0.25, -0.2) is 4.79 Å². The Morgan fingerprint density at radius 2 is 1.52 bits per heavy atom. The molecule has 0 spiro atoms. The minimum absolute atomic E-state index is 0.292. The zero-order valence-electron chi connectivity index (χ0n) is 15.4. The van der Waals surface area contributed by atoms with Crippen molar-refractivity contribution >= 4 is 34.1 Å². The molecule has 0 fully saturated rings. The number of carbonyl (C=O) groups excluding carboxylic acids is 2. The second kappa shape index (κ2) is 7.45. The summed E-state index contributed by atoms with van der Waals surface area (Å²) < 4.78 is 5.21. The molecule has 0 unspecified atom stereocenters. The Labute approximate surface area is 157 Å². The monoisotopic (exact) mass is 363 g/mol. The van der Waals surface area contributed by atoms with Gasteiger partial charge in [0.25, 0.3) is 5.91 Å². The Balaban J connectivity index is 1.69. The van der Waals surface area contributed by atoms with Crippen molar-refractivity contribution in [1.82, 2.24) is 4.98 Å². The summed E-state index contributed by atoms with van der Waals surface area (Å²) in [6.07, 6.45) is 1.09. The summed E-state index contributed by atoms with van der Waals surface area (Å²) in [5, 5.41) is 7.22. The van der Waals surface area contributed by atoms with Crippen LogP contribution < -0.4 is 10.6 Å². The van der Waals surface area contributed by atoms with Crippen LogP contribution in [0, 0.1) is 0 Å². The van der Waals surface area contributed by atoms with Crippen molar-refractivity contribution in [2.24, 2.45) is 0 Å². The van der Waals surface area contributed by atoms with E-state index in [1.54, 1.807) is 51.2 Å². The van der Waals surface area contributed by atoms with E-state index < -0.39 is 11.7 Å². The summed E-state index contributed by atoms with van der Waals surface area (Å²) >= 11 is 0. The minimum Gasteiger partial charge on any atom is -0.444 e. The first-order chi connectivity index (χ1) is 12.8. The molecular weight excluding hydrogens is 342 g/mol. The van der Waals surface area contributed by atoms with Gasteiger partial charge >= 0.3 is 6.09 Å². The van der Waals surface area contributed by atoms with Crippen LogP contribution in [0.2, 0.25) is 0 Å². The molecule has 3 rings (SSSR count).